The van der Waals surface area contributed by atoms with Crippen LogP contribution in [0.4, 0.5) is 21.9 Å². The zero-order valence-electron chi connectivity index (χ0n) is 17.6. The van der Waals surface area contributed by atoms with Crippen LogP contribution in [0.2, 0.25) is 0 Å². The average Bonchev–Trinajstić information content (AvgIpc) is 2.74. The van der Waals surface area contributed by atoms with Crippen molar-refractivity contribution >= 4 is 29.0 Å². The van der Waals surface area contributed by atoms with Gasteiger partial charge in [-0.1, -0.05) is 36.4 Å². The number of nitrogens with one attached hydrogen (secondary N) is 3. The Bertz CT molecular complexity index is 1020. The molecule has 0 aliphatic carbocycles. The second-order valence-electron chi connectivity index (χ2n) is 7.13. The molecule has 0 saturated heterocycles. The zero-order valence-corrected chi connectivity index (χ0v) is 17.6. The molecule has 160 valence electrons. The largest absolute Gasteiger partial charge is 0.491 e. The van der Waals surface area contributed by atoms with E-state index in [1.807, 2.05) is 43.3 Å². The lowest BCUT2D eigenvalue weighted by Crippen LogP contribution is -2.21. The van der Waals surface area contributed by atoms with Crippen molar-refractivity contribution in [3.05, 3.63) is 84.4 Å². The van der Waals surface area contributed by atoms with Crippen molar-refractivity contribution in [3.63, 3.8) is 0 Å². The van der Waals surface area contributed by atoms with E-state index in [-0.39, 0.29) is 11.9 Å². The number of ether oxygens (including phenoxy) is 1. The van der Waals surface area contributed by atoms with Crippen LogP contribution < -0.4 is 20.7 Å². The van der Waals surface area contributed by atoms with E-state index in [2.05, 4.69) is 16.0 Å². The van der Waals surface area contributed by atoms with Crippen LogP contribution in [0.25, 0.3) is 0 Å². The maximum absolute atomic E-state index is 12.8. The van der Waals surface area contributed by atoms with Gasteiger partial charge in [0.05, 0.1) is 5.56 Å². The molecule has 0 aromatic heterocycles. The van der Waals surface area contributed by atoms with Gasteiger partial charge < -0.3 is 25.6 Å². The molecule has 7 heteroatoms. The molecule has 3 amide bonds. The number of likely N-dealkylation sites (N-methyl/N-ethyl adjacent to an activating group) is 1. The Morgan fingerprint density at radius 1 is 0.774 bits per heavy atom. The van der Waals surface area contributed by atoms with Gasteiger partial charge in [-0.25, -0.2) is 4.79 Å². The van der Waals surface area contributed by atoms with Crippen molar-refractivity contribution in [2.75, 3.05) is 43.2 Å². The van der Waals surface area contributed by atoms with Gasteiger partial charge in [0.1, 0.15) is 12.4 Å². The summed E-state index contributed by atoms with van der Waals surface area (Å²) in [5.74, 6) is 0.240. The number of hydrogen-bond donors (Lipinski definition) is 3. The molecular weight excluding hydrogens is 392 g/mol. The highest BCUT2D eigenvalue weighted by Crippen LogP contribution is 2.21. The second-order valence-corrected chi connectivity index (χ2v) is 7.13. The second kappa shape index (κ2) is 10.8. The molecule has 3 N–H and O–H groups in total. The van der Waals surface area contributed by atoms with Crippen molar-refractivity contribution in [2.45, 2.75) is 0 Å². The minimum Gasteiger partial charge on any atom is -0.491 e. The fraction of sp³-hybridized carbons (Fsp3) is 0.167. The molecule has 3 aromatic carbocycles. The minimum atomic E-state index is -0.366. The number of urea groups is 1. The summed E-state index contributed by atoms with van der Waals surface area (Å²) in [6, 6.07) is 22.9. The van der Waals surface area contributed by atoms with Gasteiger partial charge in [-0.2, -0.15) is 0 Å². The van der Waals surface area contributed by atoms with Crippen molar-refractivity contribution in [1.29, 1.82) is 0 Å². The number of nitrogens with zero attached hydrogens (tertiary/aromatic N) is 1. The first-order chi connectivity index (χ1) is 15.0. The fourth-order valence-corrected chi connectivity index (χ4v) is 2.81. The molecule has 0 aliphatic rings. The predicted molar refractivity (Wildman–Crippen MR) is 124 cm³/mol. The third-order valence-corrected chi connectivity index (χ3v) is 4.34. The van der Waals surface area contributed by atoms with E-state index in [1.165, 1.54) is 0 Å². The van der Waals surface area contributed by atoms with E-state index in [0.717, 1.165) is 6.54 Å². The summed E-state index contributed by atoms with van der Waals surface area (Å²) in [4.78, 5) is 27.0. The first-order valence-electron chi connectivity index (χ1n) is 9.92. The molecule has 0 fully saturated rings. The third-order valence-electron chi connectivity index (χ3n) is 4.34. The Morgan fingerprint density at radius 2 is 1.39 bits per heavy atom. The number of para-hydroxylation sites is 2. The highest BCUT2D eigenvalue weighted by Gasteiger charge is 2.13. The van der Waals surface area contributed by atoms with Crippen LogP contribution in [-0.2, 0) is 0 Å². The number of benzene rings is 3. The van der Waals surface area contributed by atoms with Gasteiger partial charge in [-0.05, 0) is 56.6 Å². The normalized spacial score (nSPS) is 10.4. The van der Waals surface area contributed by atoms with E-state index >= 15 is 0 Å². The van der Waals surface area contributed by atoms with Gasteiger partial charge in [-0.3, -0.25) is 4.79 Å². The van der Waals surface area contributed by atoms with E-state index in [4.69, 9.17) is 4.74 Å². The van der Waals surface area contributed by atoms with E-state index in [9.17, 15) is 9.59 Å². The monoisotopic (exact) mass is 418 g/mol. The lowest BCUT2D eigenvalue weighted by molar-refractivity contribution is 0.102. The Kier molecular flexibility index (Phi) is 7.61. The number of amides is 3. The molecule has 0 aliphatic heterocycles. The maximum Gasteiger partial charge on any atom is 0.323 e. The van der Waals surface area contributed by atoms with E-state index in [0.29, 0.717) is 35.0 Å². The fourth-order valence-electron chi connectivity index (χ4n) is 2.81. The summed E-state index contributed by atoms with van der Waals surface area (Å²) in [7, 11) is 3.92. The minimum absolute atomic E-state index is 0.286. The molecule has 0 radical (unpaired) electrons. The predicted octanol–water partition coefficient (Wildman–Crippen LogP) is 4.52. The molecule has 7 nitrogen and oxygen atoms in total. The van der Waals surface area contributed by atoms with Crippen LogP contribution in [-0.4, -0.2) is 44.1 Å². The summed E-state index contributed by atoms with van der Waals surface area (Å²) in [5.41, 5.74) is 2.25. The Labute approximate surface area is 182 Å². The molecule has 3 aromatic rings. The number of hydrogen-bond acceptors (Lipinski definition) is 4. The average molecular weight is 418 g/mol. The SMILES string of the molecule is CN(C)CCOc1ccccc1C(=O)Nc1cccc(NC(=O)Nc2ccccc2)c1. The lowest BCUT2D eigenvalue weighted by Gasteiger charge is -2.14. The lowest BCUT2D eigenvalue weighted by atomic mass is 10.1. The molecule has 0 bridgehead atoms. The van der Waals surface area contributed by atoms with Gasteiger partial charge >= 0.3 is 6.03 Å². The molecule has 0 spiro atoms. The Balaban J connectivity index is 1.63. The Morgan fingerprint density at radius 3 is 2.13 bits per heavy atom. The van der Waals surface area contributed by atoms with Crippen LogP contribution in [0.3, 0.4) is 0 Å². The number of anilines is 3. The van der Waals surface area contributed by atoms with Crippen LogP contribution in [0.5, 0.6) is 5.75 Å². The highest BCUT2D eigenvalue weighted by molar-refractivity contribution is 6.06. The van der Waals surface area contributed by atoms with Crippen molar-refractivity contribution in [3.8, 4) is 5.75 Å². The van der Waals surface area contributed by atoms with Crippen LogP contribution >= 0.6 is 0 Å². The van der Waals surface area contributed by atoms with Gasteiger partial charge in [0, 0.05) is 23.6 Å². The van der Waals surface area contributed by atoms with Gasteiger partial charge in [-0.15, -0.1) is 0 Å². The molecular formula is C24H26N4O3. The quantitative estimate of drug-likeness (QED) is 0.502. The van der Waals surface area contributed by atoms with Gasteiger partial charge in [0.25, 0.3) is 5.91 Å². The number of carbonyl (C=O) groups excluding carboxylic acids is 2. The van der Waals surface area contributed by atoms with Gasteiger partial charge in [0.15, 0.2) is 0 Å². The molecule has 0 saturated carbocycles. The standard InChI is InChI=1S/C24H26N4O3/c1-28(2)15-16-31-22-14-7-6-13-21(22)23(29)25-19-11-8-12-20(17-19)27-24(30)26-18-9-4-3-5-10-18/h3-14,17H,15-16H2,1-2H3,(H,25,29)(H2,26,27,30). The van der Waals surface area contributed by atoms with Crippen molar-refractivity contribution in [2.24, 2.45) is 0 Å². The summed E-state index contributed by atoms with van der Waals surface area (Å²) in [6.07, 6.45) is 0. The van der Waals surface area contributed by atoms with E-state index in [1.54, 1.807) is 54.6 Å². The van der Waals surface area contributed by atoms with Gasteiger partial charge in [0.2, 0.25) is 0 Å². The molecule has 0 unspecified atom stereocenters. The summed E-state index contributed by atoms with van der Waals surface area (Å²) < 4.78 is 5.77. The molecule has 3 rings (SSSR count). The molecule has 31 heavy (non-hydrogen) atoms. The zero-order chi connectivity index (χ0) is 22.1. The first kappa shape index (κ1) is 21.9. The highest BCUT2D eigenvalue weighted by atomic mass is 16.5. The smallest absolute Gasteiger partial charge is 0.323 e. The van der Waals surface area contributed by atoms with Crippen LogP contribution in [0.15, 0.2) is 78.9 Å². The summed E-state index contributed by atoms with van der Waals surface area (Å²) in [5, 5.41) is 8.38. The topological polar surface area (TPSA) is 82.7 Å². The Hall–Kier alpha value is -3.84. The molecule has 0 atom stereocenters. The van der Waals surface area contributed by atoms with E-state index < -0.39 is 0 Å². The first-order valence-corrected chi connectivity index (χ1v) is 9.92. The number of rotatable bonds is 8. The van der Waals surface area contributed by atoms with Crippen LogP contribution in [0.1, 0.15) is 10.4 Å². The summed E-state index contributed by atoms with van der Waals surface area (Å²) in [6.45, 7) is 1.22. The summed E-state index contributed by atoms with van der Waals surface area (Å²) >= 11 is 0. The maximum atomic E-state index is 12.8. The number of carbonyl (C=O) groups is 2. The third kappa shape index (κ3) is 6.87. The molecule has 0 heterocycles. The van der Waals surface area contributed by atoms with Crippen molar-refractivity contribution in [1.82, 2.24) is 4.90 Å². The van der Waals surface area contributed by atoms with Crippen LogP contribution in [0, 0.1) is 0 Å². The van der Waals surface area contributed by atoms with Crippen molar-refractivity contribution < 1.29 is 14.3 Å².